The summed E-state index contributed by atoms with van der Waals surface area (Å²) in [4.78, 5) is 5.29. The lowest BCUT2D eigenvalue weighted by molar-refractivity contribution is -0.209. The van der Waals surface area contributed by atoms with Crippen LogP contribution in [0.1, 0.15) is 52.0 Å². The van der Waals surface area contributed by atoms with Crippen molar-refractivity contribution in [3.8, 4) is 0 Å². The van der Waals surface area contributed by atoms with Crippen LogP contribution in [0.5, 0.6) is 0 Å². The van der Waals surface area contributed by atoms with Gasteiger partial charge in [-0.25, -0.2) is 0 Å². The predicted octanol–water partition coefficient (Wildman–Crippen LogP) is 5.71. The molecule has 4 unspecified atom stereocenters. The molecule has 0 spiro atoms. The quantitative estimate of drug-likeness (QED) is 0.447. The third-order valence-corrected chi connectivity index (χ3v) is 7.99. The Kier molecular flexibility index (Phi) is 6.49. The molecule has 2 aliphatic heterocycles. The minimum absolute atomic E-state index is 0.0843. The number of ether oxygens (including phenoxy) is 4. The van der Waals surface area contributed by atoms with Crippen molar-refractivity contribution in [1.82, 2.24) is 0 Å². The minimum atomic E-state index is 0.0843. The van der Waals surface area contributed by atoms with Crippen molar-refractivity contribution in [2.45, 2.75) is 46.3 Å². The SMILES string of the molecule is Cc1ccc(C2OCC2(C)COCCCOCC2(C)COC2c2ccc(C)s2)s1. The molecule has 0 aliphatic carbocycles. The molecule has 4 heterocycles. The van der Waals surface area contributed by atoms with Gasteiger partial charge >= 0.3 is 0 Å². The summed E-state index contributed by atoms with van der Waals surface area (Å²) in [6.45, 7) is 13.3. The molecule has 2 aromatic rings. The standard InChI is InChI=1S/C23H32O4S2/c1-16-6-8-18(28-16)20-22(3,14-26-20)12-24-10-5-11-25-13-23(4)15-27-21(23)19-9-7-17(2)29-19/h6-9,20-21H,5,10-15H2,1-4H3. The van der Waals surface area contributed by atoms with Gasteiger partial charge < -0.3 is 18.9 Å². The second-order valence-electron chi connectivity index (χ2n) is 9.05. The Morgan fingerprint density at radius 2 is 1.28 bits per heavy atom. The van der Waals surface area contributed by atoms with E-state index in [0.717, 1.165) is 46.1 Å². The van der Waals surface area contributed by atoms with E-state index in [2.05, 4.69) is 52.0 Å². The lowest BCUT2D eigenvalue weighted by Crippen LogP contribution is -2.46. The molecular weight excluding hydrogens is 404 g/mol. The van der Waals surface area contributed by atoms with Crippen molar-refractivity contribution in [1.29, 1.82) is 0 Å². The topological polar surface area (TPSA) is 36.9 Å². The number of rotatable bonds is 10. The van der Waals surface area contributed by atoms with Crippen LogP contribution in [0.15, 0.2) is 24.3 Å². The fourth-order valence-electron chi connectivity index (χ4n) is 4.05. The number of hydrogen-bond donors (Lipinski definition) is 0. The van der Waals surface area contributed by atoms with E-state index >= 15 is 0 Å². The molecule has 2 fully saturated rings. The molecule has 0 aromatic carbocycles. The van der Waals surface area contributed by atoms with Gasteiger partial charge in [0.25, 0.3) is 0 Å². The summed E-state index contributed by atoms with van der Waals surface area (Å²) < 4.78 is 23.7. The lowest BCUT2D eigenvalue weighted by Gasteiger charge is -2.46. The maximum Gasteiger partial charge on any atom is 0.101 e. The summed E-state index contributed by atoms with van der Waals surface area (Å²) in [5.41, 5.74) is 0.169. The van der Waals surface area contributed by atoms with E-state index in [1.54, 1.807) is 0 Å². The molecule has 2 aliphatic rings. The molecule has 0 saturated carbocycles. The molecule has 0 N–H and O–H groups in total. The van der Waals surface area contributed by atoms with Crippen LogP contribution in [-0.2, 0) is 18.9 Å². The van der Waals surface area contributed by atoms with Crippen molar-refractivity contribution < 1.29 is 18.9 Å². The highest BCUT2D eigenvalue weighted by Gasteiger charge is 2.47. The van der Waals surface area contributed by atoms with E-state index in [9.17, 15) is 0 Å². The van der Waals surface area contributed by atoms with Gasteiger partial charge in [0.2, 0.25) is 0 Å². The van der Waals surface area contributed by atoms with Crippen LogP contribution in [0.2, 0.25) is 0 Å². The van der Waals surface area contributed by atoms with Gasteiger partial charge in [-0.05, 0) is 44.5 Å². The van der Waals surface area contributed by atoms with Crippen molar-refractivity contribution in [2.75, 3.05) is 39.6 Å². The molecule has 4 rings (SSSR count). The zero-order valence-corrected chi connectivity index (χ0v) is 19.5. The van der Waals surface area contributed by atoms with E-state index in [1.807, 2.05) is 22.7 Å². The summed E-state index contributed by atoms with van der Waals surface area (Å²) >= 11 is 3.65. The predicted molar refractivity (Wildman–Crippen MR) is 118 cm³/mol. The van der Waals surface area contributed by atoms with Crippen LogP contribution in [0, 0.1) is 24.7 Å². The first-order valence-corrected chi connectivity index (χ1v) is 12.0. The van der Waals surface area contributed by atoms with Gasteiger partial charge in [-0.3, -0.25) is 0 Å². The molecule has 4 atom stereocenters. The summed E-state index contributed by atoms with van der Waals surface area (Å²) in [6.07, 6.45) is 1.27. The van der Waals surface area contributed by atoms with E-state index in [1.165, 1.54) is 19.5 Å². The molecule has 2 saturated heterocycles. The Bertz CT molecular complexity index is 749. The Morgan fingerprint density at radius 1 is 0.828 bits per heavy atom. The van der Waals surface area contributed by atoms with Crippen LogP contribution in [0.4, 0.5) is 0 Å². The monoisotopic (exact) mass is 436 g/mol. The number of hydrogen-bond acceptors (Lipinski definition) is 6. The van der Waals surface area contributed by atoms with E-state index < -0.39 is 0 Å². The fourth-order valence-corrected chi connectivity index (χ4v) is 6.26. The van der Waals surface area contributed by atoms with E-state index in [0.29, 0.717) is 0 Å². The Hall–Kier alpha value is -0.760. The smallest absolute Gasteiger partial charge is 0.101 e. The van der Waals surface area contributed by atoms with Gasteiger partial charge in [-0.1, -0.05) is 13.8 Å². The molecule has 29 heavy (non-hydrogen) atoms. The van der Waals surface area contributed by atoms with Gasteiger partial charge in [0.05, 0.1) is 26.4 Å². The highest BCUT2D eigenvalue weighted by Crippen LogP contribution is 2.49. The molecule has 0 bridgehead atoms. The number of thiophene rings is 2. The second kappa shape index (κ2) is 8.77. The maximum absolute atomic E-state index is 5.99. The normalized spacial score (nSPS) is 31.4. The van der Waals surface area contributed by atoms with Gasteiger partial charge in [0, 0.05) is 43.6 Å². The Morgan fingerprint density at radius 3 is 1.59 bits per heavy atom. The first kappa shape index (κ1) is 21.5. The van der Waals surface area contributed by atoms with Crippen LogP contribution >= 0.6 is 22.7 Å². The van der Waals surface area contributed by atoms with Crippen LogP contribution < -0.4 is 0 Å². The van der Waals surface area contributed by atoms with E-state index in [4.69, 9.17) is 18.9 Å². The van der Waals surface area contributed by atoms with Crippen molar-refractivity contribution in [3.63, 3.8) is 0 Å². The van der Waals surface area contributed by atoms with Crippen molar-refractivity contribution in [3.05, 3.63) is 43.8 Å². The first-order chi connectivity index (χ1) is 13.9. The minimum Gasteiger partial charge on any atom is -0.381 e. The average Bonchev–Trinajstić information content (AvgIpc) is 3.27. The van der Waals surface area contributed by atoms with Crippen molar-refractivity contribution >= 4 is 22.7 Å². The highest BCUT2D eigenvalue weighted by molar-refractivity contribution is 7.12. The van der Waals surface area contributed by atoms with Gasteiger partial charge in [0.1, 0.15) is 12.2 Å². The molecule has 0 radical (unpaired) electrons. The molecule has 160 valence electrons. The van der Waals surface area contributed by atoms with Gasteiger partial charge in [-0.2, -0.15) is 0 Å². The fraction of sp³-hybridized carbons (Fsp3) is 0.652. The highest BCUT2D eigenvalue weighted by atomic mass is 32.1. The van der Waals surface area contributed by atoms with E-state index in [-0.39, 0.29) is 23.0 Å². The maximum atomic E-state index is 5.99. The van der Waals surface area contributed by atoms with Crippen LogP contribution in [0.25, 0.3) is 0 Å². The third-order valence-electron chi connectivity index (χ3n) is 5.91. The van der Waals surface area contributed by atoms with Crippen molar-refractivity contribution in [2.24, 2.45) is 10.8 Å². The second-order valence-corrected chi connectivity index (χ2v) is 11.7. The Balaban J connectivity index is 1.12. The van der Waals surface area contributed by atoms with Crippen LogP contribution in [-0.4, -0.2) is 39.6 Å². The summed E-state index contributed by atoms with van der Waals surface area (Å²) in [5, 5.41) is 0. The molecule has 6 heteroatoms. The third kappa shape index (κ3) is 4.63. The molecule has 4 nitrogen and oxygen atoms in total. The Labute approximate surface area is 182 Å². The zero-order valence-electron chi connectivity index (χ0n) is 17.9. The zero-order chi connectivity index (χ0) is 20.5. The molecule has 0 amide bonds. The first-order valence-electron chi connectivity index (χ1n) is 10.4. The van der Waals surface area contributed by atoms with Gasteiger partial charge in [-0.15, -0.1) is 22.7 Å². The number of aryl methyl sites for hydroxylation is 2. The summed E-state index contributed by atoms with van der Waals surface area (Å²) in [5.74, 6) is 0. The molecule has 2 aromatic heterocycles. The lowest BCUT2D eigenvalue weighted by atomic mass is 9.80. The van der Waals surface area contributed by atoms with Gasteiger partial charge in [0.15, 0.2) is 0 Å². The largest absolute Gasteiger partial charge is 0.381 e. The summed E-state index contributed by atoms with van der Waals surface area (Å²) in [6, 6.07) is 8.70. The summed E-state index contributed by atoms with van der Waals surface area (Å²) in [7, 11) is 0. The molecular formula is C23H32O4S2. The van der Waals surface area contributed by atoms with Crippen LogP contribution in [0.3, 0.4) is 0 Å². The average molecular weight is 437 g/mol.